The van der Waals surface area contributed by atoms with Crippen molar-refractivity contribution in [3.63, 3.8) is 0 Å². The zero-order valence-corrected chi connectivity index (χ0v) is 12.9. The van der Waals surface area contributed by atoms with Crippen molar-refractivity contribution in [3.8, 4) is 11.4 Å². The number of halogens is 2. The third kappa shape index (κ3) is 2.89. The fourth-order valence-corrected chi connectivity index (χ4v) is 2.54. The van der Waals surface area contributed by atoms with Gasteiger partial charge < -0.3 is 5.32 Å². The van der Waals surface area contributed by atoms with Crippen molar-refractivity contribution in [2.75, 3.05) is 5.32 Å². The van der Waals surface area contributed by atoms with Crippen molar-refractivity contribution in [1.29, 1.82) is 0 Å². The number of rotatable bonds is 3. The predicted octanol–water partition coefficient (Wildman–Crippen LogP) is 4.71. The van der Waals surface area contributed by atoms with Gasteiger partial charge in [-0.05, 0) is 36.4 Å². The largest absolute Gasteiger partial charge is 0.335 e. The molecule has 0 amide bonds. The molecule has 4 aromatic rings. The van der Waals surface area contributed by atoms with E-state index in [1.807, 2.05) is 18.2 Å². The van der Waals surface area contributed by atoms with Crippen LogP contribution in [0, 0.1) is 11.6 Å². The summed E-state index contributed by atoms with van der Waals surface area (Å²) < 4.78 is 28.0. The summed E-state index contributed by atoms with van der Waals surface area (Å²) in [7, 11) is 0. The standard InChI is InChI=1S/C19H12F2N4/c20-14-5-3-6-15(21)17(14)24-19-13-4-1-2-7-16(13)23-18(25-19)12-8-10-22-11-9-12/h1-11H,(H,23,24,25). The number of para-hydroxylation sites is 2. The van der Waals surface area contributed by atoms with Crippen LogP contribution in [0.4, 0.5) is 20.3 Å². The van der Waals surface area contributed by atoms with E-state index in [1.165, 1.54) is 18.2 Å². The van der Waals surface area contributed by atoms with E-state index in [0.717, 1.165) is 5.56 Å². The second-order valence-electron chi connectivity index (χ2n) is 5.37. The predicted molar refractivity (Wildman–Crippen MR) is 92.4 cm³/mol. The van der Waals surface area contributed by atoms with Crippen molar-refractivity contribution >= 4 is 22.4 Å². The molecule has 25 heavy (non-hydrogen) atoms. The number of anilines is 2. The van der Waals surface area contributed by atoms with Gasteiger partial charge >= 0.3 is 0 Å². The SMILES string of the molecule is Fc1cccc(F)c1Nc1nc(-c2ccncc2)nc2ccccc12. The Labute approximate surface area is 142 Å². The summed E-state index contributed by atoms with van der Waals surface area (Å²) in [4.78, 5) is 13.0. The third-order valence-electron chi connectivity index (χ3n) is 3.75. The first kappa shape index (κ1) is 15.1. The van der Waals surface area contributed by atoms with Gasteiger partial charge in [0.05, 0.1) is 5.52 Å². The minimum absolute atomic E-state index is 0.243. The number of pyridine rings is 1. The molecule has 0 aliphatic carbocycles. The van der Waals surface area contributed by atoms with Crippen molar-refractivity contribution in [3.05, 3.63) is 78.6 Å². The number of hydrogen-bond acceptors (Lipinski definition) is 4. The lowest BCUT2D eigenvalue weighted by atomic mass is 10.2. The van der Waals surface area contributed by atoms with Gasteiger partial charge in [-0.25, -0.2) is 18.7 Å². The van der Waals surface area contributed by atoms with Crippen molar-refractivity contribution in [2.45, 2.75) is 0 Å². The van der Waals surface area contributed by atoms with Crippen molar-refractivity contribution < 1.29 is 8.78 Å². The summed E-state index contributed by atoms with van der Waals surface area (Å²) >= 11 is 0. The summed E-state index contributed by atoms with van der Waals surface area (Å²) in [5.41, 5.74) is 1.19. The maximum absolute atomic E-state index is 14.0. The molecule has 0 spiro atoms. The minimum Gasteiger partial charge on any atom is -0.335 e. The van der Waals surface area contributed by atoms with Crippen molar-refractivity contribution in [2.24, 2.45) is 0 Å². The fraction of sp³-hybridized carbons (Fsp3) is 0. The first-order valence-corrected chi connectivity index (χ1v) is 7.60. The zero-order valence-electron chi connectivity index (χ0n) is 12.9. The molecule has 6 heteroatoms. The van der Waals surface area contributed by atoms with Gasteiger partial charge in [-0.15, -0.1) is 0 Å². The molecule has 0 radical (unpaired) electrons. The molecule has 0 aliphatic heterocycles. The number of hydrogen-bond donors (Lipinski definition) is 1. The maximum atomic E-state index is 14.0. The summed E-state index contributed by atoms with van der Waals surface area (Å²) in [6.07, 6.45) is 3.27. The Morgan fingerprint density at radius 1 is 0.760 bits per heavy atom. The quantitative estimate of drug-likeness (QED) is 0.589. The van der Waals surface area contributed by atoms with Gasteiger partial charge in [0.2, 0.25) is 0 Å². The van der Waals surface area contributed by atoms with Gasteiger partial charge in [0, 0.05) is 23.3 Å². The molecule has 0 atom stereocenters. The summed E-state index contributed by atoms with van der Waals surface area (Å²) in [6, 6.07) is 14.5. The van der Waals surface area contributed by atoms with Crippen LogP contribution in [0.5, 0.6) is 0 Å². The Hall–Kier alpha value is -3.41. The zero-order chi connectivity index (χ0) is 17.2. The normalized spacial score (nSPS) is 10.8. The highest BCUT2D eigenvalue weighted by molar-refractivity contribution is 5.92. The summed E-state index contributed by atoms with van der Waals surface area (Å²) in [5, 5.41) is 3.45. The van der Waals surface area contributed by atoms with Gasteiger partial charge in [-0.2, -0.15) is 0 Å². The number of fused-ring (bicyclic) bond motifs is 1. The number of nitrogens with zero attached hydrogens (tertiary/aromatic N) is 3. The highest BCUT2D eigenvalue weighted by Gasteiger charge is 2.13. The van der Waals surface area contributed by atoms with E-state index in [9.17, 15) is 8.78 Å². The van der Waals surface area contributed by atoms with Crippen LogP contribution in [-0.4, -0.2) is 15.0 Å². The lowest BCUT2D eigenvalue weighted by Gasteiger charge is -2.12. The molecule has 2 aromatic carbocycles. The topological polar surface area (TPSA) is 50.7 Å². The molecule has 0 aliphatic rings. The monoisotopic (exact) mass is 334 g/mol. The second kappa shape index (κ2) is 6.24. The molecule has 0 saturated heterocycles. The Kier molecular flexibility index (Phi) is 3.78. The molecule has 0 bridgehead atoms. The molecule has 4 nitrogen and oxygen atoms in total. The minimum atomic E-state index is -0.687. The van der Waals surface area contributed by atoms with Crippen LogP contribution in [0.1, 0.15) is 0 Å². The Morgan fingerprint density at radius 2 is 1.48 bits per heavy atom. The number of nitrogens with one attached hydrogen (secondary N) is 1. The van der Waals surface area contributed by atoms with Crippen LogP contribution >= 0.6 is 0 Å². The van der Waals surface area contributed by atoms with E-state index in [4.69, 9.17) is 0 Å². The molecule has 2 heterocycles. The molecule has 0 unspecified atom stereocenters. The molecule has 2 aromatic heterocycles. The van der Waals surface area contributed by atoms with Crippen LogP contribution in [0.25, 0.3) is 22.3 Å². The molecule has 4 rings (SSSR count). The first-order chi connectivity index (χ1) is 12.2. The molecular weight excluding hydrogens is 322 g/mol. The van der Waals surface area contributed by atoms with Crippen LogP contribution in [-0.2, 0) is 0 Å². The number of aromatic nitrogens is 3. The van der Waals surface area contributed by atoms with Gasteiger partial charge in [-0.3, -0.25) is 4.98 Å². The van der Waals surface area contributed by atoms with Crippen LogP contribution < -0.4 is 5.32 Å². The highest BCUT2D eigenvalue weighted by atomic mass is 19.1. The Bertz CT molecular complexity index is 1030. The van der Waals surface area contributed by atoms with Crippen LogP contribution in [0.15, 0.2) is 67.0 Å². The van der Waals surface area contributed by atoms with Gasteiger partial charge in [0.25, 0.3) is 0 Å². The van der Waals surface area contributed by atoms with Gasteiger partial charge in [-0.1, -0.05) is 18.2 Å². The lowest BCUT2D eigenvalue weighted by molar-refractivity contribution is 0.590. The maximum Gasteiger partial charge on any atom is 0.162 e. The first-order valence-electron chi connectivity index (χ1n) is 7.60. The molecule has 0 saturated carbocycles. The van der Waals surface area contributed by atoms with Crippen molar-refractivity contribution in [1.82, 2.24) is 15.0 Å². The van der Waals surface area contributed by atoms with E-state index < -0.39 is 11.6 Å². The van der Waals surface area contributed by atoms with Crippen LogP contribution in [0.3, 0.4) is 0 Å². The molecular formula is C19H12F2N4. The highest BCUT2D eigenvalue weighted by Crippen LogP contribution is 2.29. The van der Waals surface area contributed by atoms with Gasteiger partial charge in [0.15, 0.2) is 5.82 Å². The van der Waals surface area contributed by atoms with E-state index in [-0.39, 0.29) is 5.69 Å². The average molecular weight is 334 g/mol. The molecule has 122 valence electrons. The van der Waals surface area contributed by atoms with Crippen LogP contribution in [0.2, 0.25) is 0 Å². The van der Waals surface area contributed by atoms with E-state index in [0.29, 0.717) is 22.5 Å². The fourth-order valence-electron chi connectivity index (χ4n) is 2.54. The average Bonchev–Trinajstić information content (AvgIpc) is 2.65. The lowest BCUT2D eigenvalue weighted by Crippen LogP contribution is -2.02. The van der Waals surface area contributed by atoms with Gasteiger partial charge in [0.1, 0.15) is 23.1 Å². The Balaban J connectivity index is 1.90. The summed E-state index contributed by atoms with van der Waals surface area (Å²) in [5.74, 6) is -0.594. The summed E-state index contributed by atoms with van der Waals surface area (Å²) in [6.45, 7) is 0. The second-order valence-corrected chi connectivity index (χ2v) is 5.37. The smallest absolute Gasteiger partial charge is 0.162 e. The Morgan fingerprint density at radius 3 is 2.24 bits per heavy atom. The van der Waals surface area contributed by atoms with E-state index in [2.05, 4.69) is 20.3 Å². The molecule has 1 N–H and O–H groups in total. The third-order valence-corrected chi connectivity index (χ3v) is 3.75. The molecule has 0 fully saturated rings. The van der Waals surface area contributed by atoms with E-state index in [1.54, 1.807) is 30.6 Å². The van der Waals surface area contributed by atoms with E-state index >= 15 is 0 Å². The number of benzene rings is 2.